The Morgan fingerprint density at radius 3 is 1.05 bits per heavy atom. The van der Waals surface area contributed by atoms with Crippen LogP contribution in [0.25, 0.3) is 43.1 Å². The summed E-state index contributed by atoms with van der Waals surface area (Å²) in [6, 6.07) is 13.3. The Hall–Kier alpha value is -4.40. The fraction of sp³-hybridized carbons (Fsp3) is 0.333. The van der Waals surface area contributed by atoms with Gasteiger partial charge < -0.3 is 10.2 Å². The maximum absolute atomic E-state index is 13.8. The van der Waals surface area contributed by atoms with E-state index in [1.807, 2.05) is 38.1 Å². The number of nitrogens with zero attached hydrogens (tertiary/aromatic N) is 2. The summed E-state index contributed by atoms with van der Waals surface area (Å²) in [6.07, 6.45) is 4.41. The van der Waals surface area contributed by atoms with Crippen LogP contribution in [0.1, 0.15) is 93.8 Å². The number of fused-ring (bicyclic) bond motifs is 2. The lowest BCUT2D eigenvalue weighted by atomic mass is 9.82. The fourth-order valence-corrected chi connectivity index (χ4v) is 7.45. The van der Waals surface area contributed by atoms with Crippen LogP contribution in [0.2, 0.25) is 0 Å². The molecule has 0 fully saturated rings. The summed E-state index contributed by atoms with van der Waals surface area (Å²) < 4.78 is 0. The number of imide groups is 2. The molecule has 2 unspecified atom stereocenters. The zero-order valence-corrected chi connectivity index (χ0v) is 24.9. The zero-order chi connectivity index (χ0) is 30.9. The van der Waals surface area contributed by atoms with Gasteiger partial charge in [0.25, 0.3) is 23.6 Å². The molecule has 8 nitrogen and oxygen atoms in total. The summed E-state index contributed by atoms with van der Waals surface area (Å²) in [4.78, 5) is 57.7. The molecule has 0 radical (unpaired) electrons. The molecular formula is C36H34N2O6. The fourth-order valence-electron chi connectivity index (χ4n) is 7.45. The third-order valence-electron chi connectivity index (χ3n) is 9.63. The second kappa shape index (κ2) is 10.6. The first-order chi connectivity index (χ1) is 21.4. The molecule has 2 N–H and O–H groups in total. The van der Waals surface area contributed by atoms with Crippen LogP contribution in [0.4, 0.5) is 0 Å². The number of unbranched alkanes of at least 4 members (excludes halogenated alkanes) is 2. The first kappa shape index (κ1) is 28.4. The smallest absolute Gasteiger partial charge is 0.261 e. The molecule has 2 aliphatic heterocycles. The maximum Gasteiger partial charge on any atom is 0.261 e. The van der Waals surface area contributed by atoms with Crippen molar-refractivity contribution in [3.05, 3.63) is 70.8 Å². The Morgan fingerprint density at radius 1 is 0.500 bits per heavy atom. The van der Waals surface area contributed by atoms with Gasteiger partial charge in [-0.05, 0) is 69.4 Å². The summed E-state index contributed by atoms with van der Waals surface area (Å²) in [6.45, 7) is 3.47. The van der Waals surface area contributed by atoms with Gasteiger partial charge in [0.05, 0.1) is 25.3 Å². The monoisotopic (exact) mass is 590 g/mol. The third kappa shape index (κ3) is 3.77. The van der Waals surface area contributed by atoms with Crippen molar-refractivity contribution in [2.75, 3.05) is 13.2 Å². The largest absolute Gasteiger partial charge is 0.394 e. The molecule has 0 spiro atoms. The molecule has 0 saturated heterocycles. The van der Waals surface area contributed by atoms with Gasteiger partial charge in [-0.25, -0.2) is 0 Å². The van der Waals surface area contributed by atoms with Crippen molar-refractivity contribution in [2.24, 2.45) is 0 Å². The molecule has 224 valence electrons. The van der Waals surface area contributed by atoms with Gasteiger partial charge >= 0.3 is 0 Å². The zero-order valence-electron chi connectivity index (χ0n) is 24.9. The number of aliphatic hydroxyl groups is 2. The molecule has 44 heavy (non-hydrogen) atoms. The molecule has 2 heterocycles. The Labute approximate surface area is 254 Å². The third-order valence-corrected chi connectivity index (χ3v) is 9.63. The van der Waals surface area contributed by atoms with E-state index < -0.39 is 35.7 Å². The number of benzene rings is 5. The molecule has 2 atom stereocenters. The van der Waals surface area contributed by atoms with Gasteiger partial charge in [-0.2, -0.15) is 0 Å². The summed E-state index contributed by atoms with van der Waals surface area (Å²) >= 11 is 0. The molecular weight excluding hydrogens is 556 g/mol. The van der Waals surface area contributed by atoms with Crippen molar-refractivity contribution in [2.45, 2.75) is 64.5 Å². The number of carbonyl (C=O) groups excluding carboxylic acids is 4. The van der Waals surface area contributed by atoms with Gasteiger partial charge in [0.15, 0.2) is 0 Å². The number of carbonyl (C=O) groups is 4. The summed E-state index contributed by atoms with van der Waals surface area (Å²) in [5, 5.41) is 26.3. The lowest BCUT2D eigenvalue weighted by Crippen LogP contribution is -2.48. The molecule has 5 aromatic rings. The van der Waals surface area contributed by atoms with E-state index in [0.29, 0.717) is 45.9 Å². The van der Waals surface area contributed by atoms with Crippen molar-refractivity contribution in [3.8, 4) is 0 Å². The van der Waals surface area contributed by atoms with E-state index in [1.54, 1.807) is 24.3 Å². The van der Waals surface area contributed by atoms with Crippen LogP contribution < -0.4 is 0 Å². The topological polar surface area (TPSA) is 115 Å². The average molecular weight is 591 g/mol. The van der Waals surface area contributed by atoms with E-state index >= 15 is 0 Å². The lowest BCUT2D eigenvalue weighted by Gasteiger charge is -2.34. The Bertz CT molecular complexity index is 1770. The first-order valence-electron chi connectivity index (χ1n) is 15.5. The predicted octanol–water partition coefficient (Wildman–Crippen LogP) is 6.03. The van der Waals surface area contributed by atoms with E-state index in [9.17, 15) is 29.4 Å². The van der Waals surface area contributed by atoms with E-state index in [1.165, 1.54) is 9.80 Å². The van der Waals surface area contributed by atoms with Crippen LogP contribution in [-0.4, -0.2) is 68.9 Å². The second-order valence-electron chi connectivity index (χ2n) is 12.1. The van der Waals surface area contributed by atoms with Crippen molar-refractivity contribution in [3.63, 3.8) is 0 Å². The van der Waals surface area contributed by atoms with Gasteiger partial charge in [0.1, 0.15) is 0 Å². The van der Waals surface area contributed by atoms with Crippen molar-refractivity contribution in [1.29, 1.82) is 0 Å². The molecule has 0 saturated carbocycles. The highest BCUT2D eigenvalue weighted by molar-refractivity contribution is 6.41. The molecule has 0 aliphatic carbocycles. The standard InChI is InChI=1S/C36H34N2O6/c1-3-5-7-19(17-39)37-33(41)25-13-9-21-23-11-15-27-32-28(36(44)38(35(27)43)20(18-40)8-6-4-2)16-12-24(30(23)32)22-10-14-26(34(37)42)31(25)29(21)22/h9-16,19-20,39-40H,3-8,17-18H2,1-2H3. The van der Waals surface area contributed by atoms with E-state index in [4.69, 9.17) is 0 Å². The van der Waals surface area contributed by atoms with Crippen molar-refractivity contribution in [1.82, 2.24) is 9.80 Å². The minimum Gasteiger partial charge on any atom is -0.394 e. The predicted molar refractivity (Wildman–Crippen MR) is 169 cm³/mol. The van der Waals surface area contributed by atoms with Crippen LogP contribution in [0.15, 0.2) is 48.5 Å². The lowest BCUT2D eigenvalue weighted by molar-refractivity contribution is 0.0445. The molecule has 4 amide bonds. The molecule has 7 rings (SSSR count). The van der Waals surface area contributed by atoms with E-state index in [-0.39, 0.29) is 13.2 Å². The number of aliphatic hydroxyl groups excluding tert-OH is 2. The molecule has 0 bridgehead atoms. The highest BCUT2D eigenvalue weighted by atomic mass is 16.3. The Balaban J connectivity index is 1.46. The van der Waals surface area contributed by atoms with Gasteiger partial charge in [-0.3, -0.25) is 29.0 Å². The summed E-state index contributed by atoms with van der Waals surface area (Å²) in [5.74, 6) is -1.63. The van der Waals surface area contributed by atoms with Gasteiger partial charge in [0, 0.05) is 33.0 Å². The number of hydrogen-bond acceptors (Lipinski definition) is 6. The highest BCUT2D eigenvalue weighted by Gasteiger charge is 2.40. The van der Waals surface area contributed by atoms with Crippen LogP contribution in [0, 0.1) is 0 Å². The second-order valence-corrected chi connectivity index (χ2v) is 12.1. The molecule has 8 heteroatoms. The number of hydrogen-bond donors (Lipinski definition) is 2. The van der Waals surface area contributed by atoms with E-state index in [0.717, 1.165) is 58.0 Å². The van der Waals surface area contributed by atoms with Crippen LogP contribution >= 0.6 is 0 Å². The molecule has 0 aromatic heterocycles. The highest BCUT2D eigenvalue weighted by Crippen LogP contribution is 2.46. The van der Waals surface area contributed by atoms with Crippen molar-refractivity contribution >= 4 is 66.7 Å². The number of rotatable bonds is 10. The van der Waals surface area contributed by atoms with Gasteiger partial charge in [-0.1, -0.05) is 63.8 Å². The minimum atomic E-state index is -0.593. The first-order valence-corrected chi connectivity index (χ1v) is 15.5. The maximum atomic E-state index is 13.8. The van der Waals surface area contributed by atoms with Crippen LogP contribution in [-0.2, 0) is 0 Å². The van der Waals surface area contributed by atoms with Gasteiger partial charge in [0.2, 0.25) is 0 Å². The minimum absolute atomic E-state index is 0.293. The van der Waals surface area contributed by atoms with Crippen molar-refractivity contribution < 1.29 is 29.4 Å². The van der Waals surface area contributed by atoms with Crippen LogP contribution in [0.3, 0.4) is 0 Å². The quantitative estimate of drug-likeness (QED) is 0.117. The molecule has 2 aliphatic rings. The van der Waals surface area contributed by atoms with E-state index in [2.05, 4.69) is 0 Å². The Morgan fingerprint density at radius 2 is 0.795 bits per heavy atom. The summed E-state index contributed by atoms with van der Waals surface area (Å²) in [5.41, 5.74) is 1.69. The SMILES string of the molecule is CCCCC(CO)N1C(=O)c2ccc3c4ccc5c6c(ccc(c7ccc(c2c37)C1=O)c64)C(=O)N(C(CO)CCCC)C5=O. The van der Waals surface area contributed by atoms with Gasteiger partial charge in [-0.15, -0.1) is 0 Å². The normalized spacial score (nSPS) is 16.4. The molecule has 5 aromatic carbocycles. The summed E-state index contributed by atoms with van der Waals surface area (Å²) in [7, 11) is 0. The Kier molecular flexibility index (Phi) is 6.86. The van der Waals surface area contributed by atoms with Crippen LogP contribution in [0.5, 0.6) is 0 Å². The average Bonchev–Trinajstić information content (AvgIpc) is 3.04. The number of amides is 4.